The van der Waals surface area contributed by atoms with E-state index in [0.29, 0.717) is 82.9 Å². The molecule has 0 bridgehead atoms. The Hall–Kier alpha value is -8.14. The monoisotopic (exact) mass is 1270 g/mol. The van der Waals surface area contributed by atoms with Gasteiger partial charge in [-0.2, -0.15) is 0 Å². The van der Waals surface area contributed by atoms with Crippen molar-refractivity contribution in [2.24, 2.45) is 89.7 Å². The number of carbonyl (C=O) groups is 9. The molecule has 0 aliphatic rings. The average molecular weight is 1270 g/mol. The maximum atomic E-state index is 14.8. The summed E-state index contributed by atoms with van der Waals surface area (Å²) in [6.45, 7) is 4.95. The lowest BCUT2D eigenvalue weighted by Crippen LogP contribution is -2.61. The van der Waals surface area contributed by atoms with E-state index >= 15 is 0 Å². The lowest BCUT2D eigenvalue weighted by atomic mass is 9.96. The zero-order valence-electron chi connectivity index (χ0n) is 52.6. The Morgan fingerprint density at radius 1 is 0.400 bits per heavy atom. The molecule has 0 heterocycles. The van der Waals surface area contributed by atoms with Gasteiger partial charge in [0.15, 0.2) is 17.9 Å². The SMILES string of the molecule is CC[C@H](C)[C@H](NC(=O)[C@H](CCCCN)NC(=O)[C@H](Cc1ccc(O)cc1)NC(=O)[C@H](CCCCN)NC(=O)[C@H](CCCCN)NC(=O)[C@@H](N)CCCN=C(N)N)C(=O)N[C@@H](CCCN=C(N)N)C(=O)N[C@@H](CCCN=C(N)N)C(=O)N[C@@H](CCCCN)C(N)=O. The second-order valence-corrected chi connectivity index (χ2v) is 22.2. The number of hydrogen-bond donors (Lipinski definition) is 21. The lowest BCUT2D eigenvalue weighted by molar-refractivity contribution is -0.136. The maximum Gasteiger partial charge on any atom is 0.243 e. The number of phenolic OH excluding ortho intramolecular Hbond substituents is 1. The number of nitrogens with one attached hydrogen (secondary N) is 8. The van der Waals surface area contributed by atoms with Crippen LogP contribution in [0, 0.1) is 5.92 Å². The van der Waals surface area contributed by atoms with E-state index in [1.165, 1.54) is 24.3 Å². The number of primary amides is 1. The van der Waals surface area contributed by atoms with Crippen LogP contribution in [0.3, 0.4) is 0 Å². The molecule has 0 spiro atoms. The number of amides is 9. The molecule has 0 fully saturated rings. The standard InChI is InChI=1S/C57H107N23O10/c1-3-34(2)45(54(90)78-43(21-14-32-72-57(68)69)50(86)76-42(20-13-31-71-56(66)67)48(84)73-38(46(63)82)16-4-8-26-58)80-52(88)41(19-7-11-29-61)77-53(89)44(33-35-22-24-36(81)25-23-35)79-51(87)40(18-6-10-28-60)75-49(85)39(17-5-9-27-59)74-47(83)37(62)15-12-30-70-55(64)65/h22-25,34,37-45,81H,3-21,26-33,58-62H2,1-2H3,(H2,63,82)(H,73,84)(H,74,83)(H,75,85)(H,76,86)(H,77,89)(H,78,90)(H,79,87)(H,80,88)(H4,64,65,70)(H4,66,67,71)(H4,68,69,72)/t34-,37-,38-,39-,40-,41-,42-,43-,44-,45-/m0/s1. The van der Waals surface area contributed by atoms with Crippen molar-refractivity contribution in [3.63, 3.8) is 0 Å². The molecule has 0 saturated heterocycles. The summed E-state index contributed by atoms with van der Waals surface area (Å²) < 4.78 is 0. The molecule has 9 amide bonds. The van der Waals surface area contributed by atoms with Gasteiger partial charge in [0, 0.05) is 26.1 Å². The topological polar surface area (TPSA) is 619 Å². The van der Waals surface area contributed by atoms with Gasteiger partial charge in [0.25, 0.3) is 0 Å². The second-order valence-electron chi connectivity index (χ2n) is 22.2. The number of nitrogens with zero attached hydrogens (tertiary/aromatic N) is 3. The van der Waals surface area contributed by atoms with Crippen LogP contribution in [0.5, 0.6) is 5.75 Å². The van der Waals surface area contributed by atoms with Gasteiger partial charge in [0.2, 0.25) is 53.2 Å². The fourth-order valence-electron chi connectivity index (χ4n) is 9.19. The summed E-state index contributed by atoms with van der Waals surface area (Å²) >= 11 is 0. The number of carbonyl (C=O) groups excluding carboxylic acids is 9. The number of aromatic hydroxyl groups is 1. The van der Waals surface area contributed by atoms with Gasteiger partial charge >= 0.3 is 0 Å². The van der Waals surface area contributed by atoms with Crippen LogP contribution in [-0.4, -0.2) is 176 Å². The first-order valence-corrected chi connectivity index (χ1v) is 31.0. The van der Waals surface area contributed by atoms with E-state index in [1.54, 1.807) is 13.8 Å². The van der Waals surface area contributed by atoms with E-state index in [9.17, 15) is 48.3 Å². The molecule has 0 aliphatic heterocycles. The first kappa shape index (κ1) is 79.9. The van der Waals surface area contributed by atoms with Gasteiger partial charge in [0.05, 0.1) is 6.04 Å². The predicted octanol–water partition coefficient (Wildman–Crippen LogP) is -5.65. The number of unbranched alkanes of at least 4 members (excludes halogenated alkanes) is 4. The molecule has 0 saturated carbocycles. The van der Waals surface area contributed by atoms with Crippen molar-refractivity contribution in [2.75, 3.05) is 45.8 Å². The number of guanidine groups is 3. The van der Waals surface area contributed by atoms with Gasteiger partial charge in [0.1, 0.15) is 54.1 Å². The smallest absolute Gasteiger partial charge is 0.243 e. The lowest BCUT2D eigenvalue weighted by Gasteiger charge is -2.30. The summed E-state index contributed by atoms with van der Waals surface area (Å²) in [5.41, 5.74) is 68.4. The minimum atomic E-state index is -1.43. The third-order valence-corrected chi connectivity index (χ3v) is 14.6. The third-order valence-electron chi connectivity index (χ3n) is 14.6. The summed E-state index contributed by atoms with van der Waals surface area (Å²) in [7, 11) is 0. The Morgan fingerprint density at radius 2 is 0.700 bits per heavy atom. The molecular formula is C57H107N23O10. The number of nitrogens with two attached hydrogens (primary N) is 12. The van der Waals surface area contributed by atoms with Crippen LogP contribution < -0.4 is 111 Å². The van der Waals surface area contributed by atoms with Crippen LogP contribution in [0.4, 0.5) is 0 Å². The Balaban J connectivity index is 3.77. The van der Waals surface area contributed by atoms with Gasteiger partial charge in [-0.25, -0.2) is 0 Å². The van der Waals surface area contributed by atoms with E-state index in [1.807, 2.05) is 0 Å². The molecule has 33 heteroatoms. The highest BCUT2D eigenvalue weighted by Crippen LogP contribution is 2.16. The van der Waals surface area contributed by atoms with Crippen LogP contribution in [0.15, 0.2) is 39.2 Å². The number of aliphatic imine (C=N–C) groups is 3. The van der Waals surface area contributed by atoms with Gasteiger partial charge < -0.3 is 116 Å². The molecule has 1 aromatic rings. The Bertz CT molecular complexity index is 2440. The van der Waals surface area contributed by atoms with E-state index < -0.39 is 113 Å². The zero-order valence-corrected chi connectivity index (χ0v) is 52.6. The Labute approximate surface area is 527 Å². The minimum Gasteiger partial charge on any atom is -0.508 e. The van der Waals surface area contributed by atoms with Gasteiger partial charge in [-0.1, -0.05) is 32.4 Å². The van der Waals surface area contributed by atoms with Crippen molar-refractivity contribution in [3.05, 3.63) is 29.8 Å². The fourth-order valence-corrected chi connectivity index (χ4v) is 9.19. The predicted molar refractivity (Wildman–Crippen MR) is 345 cm³/mol. The number of hydrogen-bond acceptors (Lipinski definition) is 18. The van der Waals surface area contributed by atoms with Crippen molar-refractivity contribution in [1.82, 2.24) is 42.5 Å². The van der Waals surface area contributed by atoms with E-state index in [-0.39, 0.29) is 121 Å². The fraction of sp³-hybridized carbons (Fsp3) is 0.684. The summed E-state index contributed by atoms with van der Waals surface area (Å²) in [6, 6.07) is -5.49. The van der Waals surface area contributed by atoms with Gasteiger partial charge in [-0.3, -0.25) is 58.1 Å². The van der Waals surface area contributed by atoms with Crippen molar-refractivity contribution < 1.29 is 48.3 Å². The second kappa shape index (κ2) is 46.0. The molecular weight excluding hydrogens is 1170 g/mol. The van der Waals surface area contributed by atoms with Crippen LogP contribution in [0.1, 0.15) is 141 Å². The molecule has 90 heavy (non-hydrogen) atoms. The van der Waals surface area contributed by atoms with Crippen molar-refractivity contribution in [3.8, 4) is 5.75 Å². The van der Waals surface area contributed by atoms with E-state index in [4.69, 9.17) is 68.8 Å². The summed E-state index contributed by atoms with van der Waals surface area (Å²) in [5, 5.41) is 32.0. The molecule has 1 aromatic carbocycles. The summed E-state index contributed by atoms with van der Waals surface area (Å²) in [4.78, 5) is 139. The number of benzene rings is 1. The highest BCUT2D eigenvalue weighted by atomic mass is 16.3. The molecule has 0 unspecified atom stereocenters. The highest BCUT2D eigenvalue weighted by Gasteiger charge is 2.36. The number of rotatable bonds is 49. The highest BCUT2D eigenvalue weighted by molar-refractivity contribution is 5.98. The minimum absolute atomic E-state index is 0.00451. The molecule has 0 radical (unpaired) electrons. The zero-order chi connectivity index (χ0) is 67.6. The molecule has 1 rings (SSSR count). The third kappa shape index (κ3) is 34.0. The first-order chi connectivity index (χ1) is 42.8. The van der Waals surface area contributed by atoms with Gasteiger partial charge in [-0.15, -0.1) is 0 Å². The van der Waals surface area contributed by atoms with E-state index in [2.05, 4.69) is 57.5 Å². The Kier molecular flexibility index (Phi) is 40.8. The van der Waals surface area contributed by atoms with Crippen molar-refractivity contribution in [2.45, 2.75) is 197 Å². The number of phenols is 1. The van der Waals surface area contributed by atoms with Crippen LogP contribution in [-0.2, 0) is 49.6 Å². The van der Waals surface area contributed by atoms with E-state index in [0.717, 1.165) is 0 Å². The molecule has 33 nitrogen and oxygen atoms in total. The quantitative estimate of drug-likeness (QED) is 0.0164. The van der Waals surface area contributed by atoms with Crippen molar-refractivity contribution >= 4 is 71.0 Å². The van der Waals surface area contributed by atoms with Crippen LogP contribution in [0.25, 0.3) is 0 Å². The molecule has 33 N–H and O–H groups in total. The average Bonchev–Trinajstić information content (AvgIpc) is 3.68. The summed E-state index contributed by atoms with van der Waals surface area (Å²) in [5.74, 6) is -8.16. The molecule has 0 aliphatic carbocycles. The normalized spacial score (nSPS) is 14.3. The molecule has 0 aromatic heterocycles. The largest absolute Gasteiger partial charge is 0.508 e. The van der Waals surface area contributed by atoms with Crippen LogP contribution in [0.2, 0.25) is 0 Å². The van der Waals surface area contributed by atoms with Crippen LogP contribution >= 0.6 is 0 Å². The molecule has 10 atom stereocenters. The van der Waals surface area contributed by atoms with Gasteiger partial charge in [-0.05, 0) is 165 Å². The molecule has 510 valence electrons. The summed E-state index contributed by atoms with van der Waals surface area (Å²) in [6.07, 6.45) is 4.87. The van der Waals surface area contributed by atoms with Crippen molar-refractivity contribution in [1.29, 1.82) is 0 Å². The first-order valence-electron chi connectivity index (χ1n) is 31.0. The Morgan fingerprint density at radius 3 is 1.06 bits per heavy atom. The maximum absolute atomic E-state index is 14.8.